The van der Waals surface area contributed by atoms with E-state index in [4.69, 9.17) is 4.74 Å². The summed E-state index contributed by atoms with van der Waals surface area (Å²) in [5, 5.41) is 12.8. The number of nitrogens with zero attached hydrogens (tertiary/aromatic N) is 2. The van der Waals surface area contributed by atoms with Gasteiger partial charge in [0, 0.05) is 31.4 Å². The molecular formula is C16H20F3N3O4. The zero-order valence-corrected chi connectivity index (χ0v) is 13.9. The van der Waals surface area contributed by atoms with Crippen LogP contribution in [0.3, 0.4) is 0 Å². The van der Waals surface area contributed by atoms with Crippen molar-refractivity contribution >= 4 is 11.7 Å². The first kappa shape index (κ1) is 18.7. The molecule has 2 fully saturated rings. The molecule has 1 aromatic carbocycles. The first-order chi connectivity index (χ1) is 12.3. The maximum Gasteiger partial charge on any atom is 0.573 e. The van der Waals surface area contributed by atoms with E-state index in [2.05, 4.69) is 15.0 Å². The summed E-state index contributed by atoms with van der Waals surface area (Å²) in [4.78, 5) is 15.9. The summed E-state index contributed by atoms with van der Waals surface area (Å²) in [5.41, 5.74) is 0.182. The Morgan fingerprint density at radius 2 is 2.00 bits per heavy atom. The van der Waals surface area contributed by atoms with Gasteiger partial charge in [-0.25, -0.2) is 4.79 Å². The standard InChI is InChI=1S/C16H20F3N3O4/c17-16(18,19)26-12-3-1-2-11(8-12)20-15(24)22-9-13(14(23)10-22)21-4-6-25-7-5-21/h1-3,8,13-14,23H,4-7,9-10H2,(H,20,24)/t13-,14-/m1/s1. The lowest BCUT2D eigenvalue weighted by Crippen LogP contribution is -2.49. The molecule has 144 valence electrons. The number of benzene rings is 1. The van der Waals surface area contributed by atoms with Crippen LogP contribution in [0.5, 0.6) is 5.75 Å². The minimum Gasteiger partial charge on any atom is -0.406 e. The summed E-state index contributed by atoms with van der Waals surface area (Å²) in [6.07, 6.45) is -5.48. The van der Waals surface area contributed by atoms with Gasteiger partial charge in [-0.15, -0.1) is 13.2 Å². The highest BCUT2D eigenvalue weighted by molar-refractivity contribution is 5.89. The van der Waals surface area contributed by atoms with Crippen LogP contribution in [0.1, 0.15) is 0 Å². The van der Waals surface area contributed by atoms with Crippen LogP contribution in [0.4, 0.5) is 23.7 Å². The predicted molar refractivity (Wildman–Crippen MR) is 85.9 cm³/mol. The lowest BCUT2D eigenvalue weighted by Gasteiger charge is -2.33. The third kappa shape index (κ3) is 4.77. The summed E-state index contributed by atoms with van der Waals surface area (Å²) in [6.45, 7) is 3.04. The number of ether oxygens (including phenoxy) is 2. The Balaban J connectivity index is 1.59. The van der Waals surface area contributed by atoms with Crippen LogP contribution in [-0.4, -0.2) is 78.8 Å². The number of aliphatic hydroxyl groups is 1. The van der Waals surface area contributed by atoms with E-state index in [9.17, 15) is 23.1 Å². The maximum atomic E-state index is 12.4. The van der Waals surface area contributed by atoms with Crippen LogP contribution in [0.15, 0.2) is 24.3 Å². The molecule has 26 heavy (non-hydrogen) atoms. The maximum absolute atomic E-state index is 12.4. The summed E-state index contributed by atoms with van der Waals surface area (Å²) < 4.78 is 46.0. The van der Waals surface area contributed by atoms with Gasteiger partial charge in [0.25, 0.3) is 0 Å². The first-order valence-electron chi connectivity index (χ1n) is 8.23. The Kier molecular flexibility index (Phi) is 5.54. The molecule has 0 saturated carbocycles. The van der Waals surface area contributed by atoms with Gasteiger partial charge in [-0.2, -0.15) is 0 Å². The first-order valence-corrected chi connectivity index (χ1v) is 8.23. The fourth-order valence-electron chi connectivity index (χ4n) is 3.18. The van der Waals surface area contributed by atoms with Crippen LogP contribution in [0.25, 0.3) is 0 Å². The quantitative estimate of drug-likeness (QED) is 0.838. The number of alkyl halides is 3. The van der Waals surface area contributed by atoms with Crippen LogP contribution < -0.4 is 10.1 Å². The van der Waals surface area contributed by atoms with Crippen molar-refractivity contribution in [3.05, 3.63) is 24.3 Å². The van der Waals surface area contributed by atoms with E-state index in [-0.39, 0.29) is 18.3 Å². The molecule has 2 amide bonds. The summed E-state index contributed by atoms with van der Waals surface area (Å²) >= 11 is 0. The molecule has 0 radical (unpaired) electrons. The average Bonchev–Trinajstić information content (AvgIpc) is 2.96. The molecule has 0 aliphatic carbocycles. The van der Waals surface area contributed by atoms with Crippen LogP contribution in [-0.2, 0) is 4.74 Å². The Hall–Kier alpha value is -2.04. The topological polar surface area (TPSA) is 74.3 Å². The largest absolute Gasteiger partial charge is 0.573 e. The SMILES string of the molecule is O=C(Nc1cccc(OC(F)(F)F)c1)N1C[C@@H](O)[C@H](N2CCOCC2)C1. The number of hydrogen-bond acceptors (Lipinski definition) is 5. The number of carbonyl (C=O) groups excluding carboxylic acids is 1. The van der Waals surface area contributed by atoms with E-state index in [1.54, 1.807) is 0 Å². The third-order valence-electron chi connectivity index (χ3n) is 4.38. The molecule has 2 N–H and O–H groups in total. The Bertz CT molecular complexity index is 637. The number of halogens is 3. The summed E-state index contributed by atoms with van der Waals surface area (Å²) in [7, 11) is 0. The lowest BCUT2D eigenvalue weighted by molar-refractivity contribution is -0.274. The van der Waals surface area contributed by atoms with Gasteiger partial charge in [-0.3, -0.25) is 4.90 Å². The van der Waals surface area contributed by atoms with E-state index in [1.807, 2.05) is 0 Å². The smallest absolute Gasteiger partial charge is 0.406 e. The second-order valence-corrected chi connectivity index (χ2v) is 6.19. The molecule has 0 spiro atoms. The molecule has 2 aliphatic rings. The molecule has 0 aromatic heterocycles. The van der Waals surface area contributed by atoms with Gasteiger partial charge < -0.3 is 24.8 Å². The molecule has 1 aromatic rings. The lowest BCUT2D eigenvalue weighted by atomic mass is 10.2. The number of anilines is 1. The molecule has 2 saturated heterocycles. The van der Waals surface area contributed by atoms with Crippen LogP contribution in [0.2, 0.25) is 0 Å². The van der Waals surface area contributed by atoms with Crippen LogP contribution in [0, 0.1) is 0 Å². The fourth-order valence-corrected chi connectivity index (χ4v) is 3.18. The summed E-state index contributed by atoms with van der Waals surface area (Å²) in [6, 6.07) is 4.40. The number of amides is 2. The zero-order chi connectivity index (χ0) is 18.7. The molecule has 3 rings (SSSR count). The highest BCUT2D eigenvalue weighted by Gasteiger charge is 2.38. The van der Waals surface area contributed by atoms with E-state index < -0.39 is 24.2 Å². The Labute approximate surface area is 148 Å². The van der Waals surface area contributed by atoms with Crippen LogP contribution >= 0.6 is 0 Å². The van der Waals surface area contributed by atoms with E-state index in [1.165, 1.54) is 17.0 Å². The van der Waals surface area contributed by atoms with Crippen molar-refractivity contribution in [3.63, 3.8) is 0 Å². The zero-order valence-electron chi connectivity index (χ0n) is 13.9. The number of rotatable bonds is 3. The minimum atomic E-state index is -4.80. The molecule has 2 heterocycles. The number of likely N-dealkylation sites (tertiary alicyclic amines) is 1. The molecule has 0 unspecified atom stereocenters. The second-order valence-electron chi connectivity index (χ2n) is 6.19. The van der Waals surface area contributed by atoms with Crippen molar-refractivity contribution < 1.29 is 32.5 Å². The van der Waals surface area contributed by atoms with Crippen molar-refractivity contribution in [3.8, 4) is 5.75 Å². The number of carbonyl (C=O) groups is 1. The number of β-amino-alcohol motifs (C(OH)–C–C–N with tert-alkyl or cyclic N) is 1. The molecule has 0 bridgehead atoms. The monoisotopic (exact) mass is 375 g/mol. The van der Waals surface area contributed by atoms with Crippen molar-refractivity contribution in [1.29, 1.82) is 0 Å². The predicted octanol–water partition coefficient (Wildman–Crippen LogP) is 1.49. The van der Waals surface area contributed by atoms with E-state index in [0.717, 1.165) is 12.1 Å². The van der Waals surface area contributed by atoms with E-state index >= 15 is 0 Å². The van der Waals surface area contributed by atoms with Gasteiger partial charge in [-0.05, 0) is 12.1 Å². The molecule has 2 atom stereocenters. The van der Waals surface area contributed by atoms with Gasteiger partial charge in [-0.1, -0.05) is 6.07 Å². The second kappa shape index (κ2) is 7.68. The van der Waals surface area contributed by atoms with Gasteiger partial charge in [0.1, 0.15) is 5.75 Å². The van der Waals surface area contributed by atoms with Gasteiger partial charge in [0.2, 0.25) is 0 Å². The van der Waals surface area contributed by atoms with Crippen molar-refractivity contribution in [2.24, 2.45) is 0 Å². The third-order valence-corrected chi connectivity index (χ3v) is 4.38. The van der Waals surface area contributed by atoms with Gasteiger partial charge in [0.05, 0.1) is 31.9 Å². The summed E-state index contributed by atoms with van der Waals surface area (Å²) in [5.74, 6) is -0.414. The molecule has 2 aliphatic heterocycles. The minimum absolute atomic E-state index is 0.159. The normalized spacial score (nSPS) is 24.5. The number of urea groups is 1. The highest BCUT2D eigenvalue weighted by atomic mass is 19.4. The van der Waals surface area contributed by atoms with Gasteiger partial charge in [0.15, 0.2) is 0 Å². The number of morpholine rings is 1. The molecular weight excluding hydrogens is 355 g/mol. The van der Waals surface area contributed by atoms with E-state index in [0.29, 0.717) is 32.8 Å². The average molecular weight is 375 g/mol. The fraction of sp³-hybridized carbons (Fsp3) is 0.562. The Morgan fingerprint density at radius 3 is 2.69 bits per heavy atom. The van der Waals surface area contributed by atoms with Crippen molar-refractivity contribution in [1.82, 2.24) is 9.80 Å². The van der Waals surface area contributed by atoms with Gasteiger partial charge >= 0.3 is 12.4 Å². The highest BCUT2D eigenvalue weighted by Crippen LogP contribution is 2.25. The van der Waals surface area contributed by atoms with Crippen molar-refractivity contribution in [2.75, 3.05) is 44.7 Å². The number of nitrogens with one attached hydrogen (secondary N) is 1. The Morgan fingerprint density at radius 1 is 1.27 bits per heavy atom. The molecule has 10 heteroatoms. The van der Waals surface area contributed by atoms with Crippen molar-refractivity contribution in [2.45, 2.75) is 18.5 Å². The molecule has 7 nitrogen and oxygen atoms in total. The number of aliphatic hydroxyl groups excluding tert-OH is 1. The number of hydrogen-bond donors (Lipinski definition) is 2.